The van der Waals surface area contributed by atoms with E-state index in [2.05, 4.69) is 5.10 Å². The average molecular weight is 411 g/mol. The fourth-order valence-electron chi connectivity index (χ4n) is 3.78. The number of aromatic carboxylic acids is 1. The van der Waals surface area contributed by atoms with Crippen LogP contribution in [0.5, 0.6) is 0 Å². The van der Waals surface area contributed by atoms with Gasteiger partial charge < -0.3 is 5.11 Å². The summed E-state index contributed by atoms with van der Waals surface area (Å²) < 4.78 is 29.4. The van der Waals surface area contributed by atoms with Crippen molar-refractivity contribution in [2.75, 3.05) is 6.54 Å². The van der Waals surface area contributed by atoms with Crippen molar-refractivity contribution in [3.63, 3.8) is 0 Å². The predicted octanol–water partition coefficient (Wildman–Crippen LogP) is 2.93. The zero-order chi connectivity index (χ0) is 20.8. The van der Waals surface area contributed by atoms with Crippen LogP contribution >= 0.6 is 0 Å². The molecule has 4 rings (SSSR count). The number of aromatic nitrogens is 2. The quantitative estimate of drug-likeness (QED) is 0.713. The third kappa shape index (κ3) is 3.34. The van der Waals surface area contributed by atoms with Crippen molar-refractivity contribution in [2.24, 2.45) is 0 Å². The molecule has 1 aliphatic heterocycles. The number of rotatable bonds is 4. The zero-order valence-electron chi connectivity index (χ0n) is 16.2. The van der Waals surface area contributed by atoms with Crippen LogP contribution in [0, 0.1) is 13.8 Å². The standard InChI is InChI=1S/C21H21N3O4S/c1-14-8-9-19(15(2)12-14)29(27,28)23-11-10-18-17(13-23)20(21(25)26)22-24(18)16-6-4-3-5-7-16/h3-9,12H,10-11,13H2,1-2H3,(H,25,26). The highest BCUT2D eigenvalue weighted by Crippen LogP contribution is 2.30. The second-order valence-corrected chi connectivity index (χ2v) is 9.09. The Morgan fingerprint density at radius 1 is 1.10 bits per heavy atom. The van der Waals surface area contributed by atoms with Gasteiger partial charge in [-0.2, -0.15) is 9.40 Å². The highest BCUT2D eigenvalue weighted by Gasteiger charge is 2.34. The molecule has 29 heavy (non-hydrogen) atoms. The van der Waals surface area contributed by atoms with Crippen LogP contribution in [0.25, 0.3) is 5.69 Å². The number of hydrogen-bond acceptors (Lipinski definition) is 4. The van der Waals surface area contributed by atoms with Gasteiger partial charge in [0.1, 0.15) is 0 Å². The lowest BCUT2D eigenvalue weighted by molar-refractivity contribution is 0.0688. The summed E-state index contributed by atoms with van der Waals surface area (Å²) >= 11 is 0. The Morgan fingerprint density at radius 2 is 1.83 bits per heavy atom. The molecule has 1 aromatic heterocycles. The molecule has 0 spiro atoms. The Bertz CT molecular complexity index is 1200. The number of carboxylic acid groups (broad SMARTS) is 1. The van der Waals surface area contributed by atoms with E-state index in [9.17, 15) is 18.3 Å². The summed E-state index contributed by atoms with van der Waals surface area (Å²) in [6, 6.07) is 14.5. The van der Waals surface area contributed by atoms with Gasteiger partial charge in [0, 0.05) is 25.1 Å². The van der Waals surface area contributed by atoms with E-state index in [1.54, 1.807) is 23.7 Å². The lowest BCUT2D eigenvalue weighted by Gasteiger charge is -2.27. The normalized spacial score (nSPS) is 14.6. The van der Waals surface area contributed by atoms with E-state index in [0.29, 0.717) is 17.5 Å². The summed E-state index contributed by atoms with van der Waals surface area (Å²) in [6.45, 7) is 3.93. The minimum atomic E-state index is -3.75. The molecule has 2 aromatic carbocycles. The maximum absolute atomic E-state index is 13.2. The first kappa shape index (κ1) is 19.4. The van der Waals surface area contributed by atoms with Crippen molar-refractivity contribution in [1.82, 2.24) is 14.1 Å². The van der Waals surface area contributed by atoms with Crippen molar-refractivity contribution in [2.45, 2.75) is 31.7 Å². The average Bonchev–Trinajstić information content (AvgIpc) is 3.07. The van der Waals surface area contributed by atoms with E-state index < -0.39 is 16.0 Å². The molecule has 0 radical (unpaired) electrons. The predicted molar refractivity (Wildman–Crippen MR) is 108 cm³/mol. The smallest absolute Gasteiger partial charge is 0.356 e. The summed E-state index contributed by atoms with van der Waals surface area (Å²) in [4.78, 5) is 12.0. The van der Waals surface area contributed by atoms with Crippen LogP contribution in [-0.2, 0) is 23.0 Å². The summed E-state index contributed by atoms with van der Waals surface area (Å²) in [7, 11) is -3.75. The zero-order valence-corrected chi connectivity index (χ0v) is 17.0. The molecule has 0 saturated heterocycles. The van der Waals surface area contributed by atoms with Crippen molar-refractivity contribution in [3.05, 3.63) is 76.6 Å². The van der Waals surface area contributed by atoms with Gasteiger partial charge >= 0.3 is 5.97 Å². The van der Waals surface area contributed by atoms with E-state index in [1.165, 1.54) is 4.31 Å². The largest absolute Gasteiger partial charge is 0.476 e. The number of benzene rings is 2. The second-order valence-electron chi connectivity index (χ2n) is 7.18. The molecule has 0 amide bonds. The fourth-order valence-corrected chi connectivity index (χ4v) is 5.40. The lowest BCUT2D eigenvalue weighted by atomic mass is 10.1. The molecule has 0 atom stereocenters. The topological polar surface area (TPSA) is 92.5 Å². The minimum Gasteiger partial charge on any atom is -0.476 e. The van der Waals surface area contributed by atoms with Crippen LogP contribution in [0.15, 0.2) is 53.4 Å². The van der Waals surface area contributed by atoms with Gasteiger partial charge in [0.05, 0.1) is 16.3 Å². The third-order valence-corrected chi connectivity index (χ3v) is 7.18. The van der Waals surface area contributed by atoms with Gasteiger partial charge in [-0.05, 0) is 37.6 Å². The van der Waals surface area contributed by atoms with E-state index >= 15 is 0 Å². The highest BCUT2D eigenvalue weighted by molar-refractivity contribution is 7.89. The van der Waals surface area contributed by atoms with Crippen molar-refractivity contribution >= 4 is 16.0 Å². The van der Waals surface area contributed by atoms with Crippen LogP contribution in [0.3, 0.4) is 0 Å². The molecule has 0 fully saturated rings. The Hall–Kier alpha value is -2.97. The Kier molecular flexibility index (Phi) is 4.76. The summed E-state index contributed by atoms with van der Waals surface area (Å²) in [6.07, 6.45) is 0.384. The van der Waals surface area contributed by atoms with Crippen LogP contribution in [0.2, 0.25) is 0 Å². The second kappa shape index (κ2) is 7.13. The SMILES string of the molecule is Cc1ccc(S(=O)(=O)N2CCc3c(c(C(=O)O)nn3-c3ccccc3)C2)c(C)c1. The first-order valence-corrected chi connectivity index (χ1v) is 10.7. The molecule has 2 heterocycles. The van der Waals surface area contributed by atoms with Crippen molar-refractivity contribution < 1.29 is 18.3 Å². The van der Waals surface area contributed by atoms with E-state index in [-0.39, 0.29) is 23.7 Å². The molecular formula is C21H21N3O4S. The highest BCUT2D eigenvalue weighted by atomic mass is 32.2. The van der Waals surface area contributed by atoms with Gasteiger partial charge in [-0.15, -0.1) is 0 Å². The number of aryl methyl sites for hydroxylation is 2. The van der Waals surface area contributed by atoms with E-state index in [0.717, 1.165) is 16.9 Å². The van der Waals surface area contributed by atoms with Gasteiger partial charge in [-0.25, -0.2) is 17.9 Å². The monoisotopic (exact) mass is 411 g/mol. The van der Waals surface area contributed by atoms with E-state index in [4.69, 9.17) is 0 Å². The molecule has 0 aliphatic carbocycles. The summed E-state index contributed by atoms with van der Waals surface area (Å²) in [5, 5.41) is 13.9. The fraction of sp³-hybridized carbons (Fsp3) is 0.238. The lowest BCUT2D eigenvalue weighted by Crippen LogP contribution is -2.37. The van der Waals surface area contributed by atoms with Gasteiger partial charge in [-0.3, -0.25) is 0 Å². The number of nitrogens with zero attached hydrogens (tertiary/aromatic N) is 3. The number of sulfonamides is 1. The molecule has 7 nitrogen and oxygen atoms in total. The molecule has 0 unspecified atom stereocenters. The molecular weight excluding hydrogens is 390 g/mol. The minimum absolute atomic E-state index is 0.0144. The van der Waals surface area contributed by atoms with Gasteiger partial charge in [0.2, 0.25) is 10.0 Å². The molecule has 0 bridgehead atoms. The van der Waals surface area contributed by atoms with E-state index in [1.807, 2.05) is 43.3 Å². The first-order valence-electron chi connectivity index (χ1n) is 9.26. The van der Waals surface area contributed by atoms with Crippen LogP contribution in [0.4, 0.5) is 0 Å². The third-order valence-electron chi connectivity index (χ3n) is 5.17. The van der Waals surface area contributed by atoms with Crippen molar-refractivity contribution in [3.8, 4) is 5.69 Å². The van der Waals surface area contributed by atoms with Crippen LogP contribution < -0.4 is 0 Å². The van der Waals surface area contributed by atoms with Gasteiger partial charge in [-0.1, -0.05) is 35.9 Å². The Balaban J connectivity index is 1.77. The molecule has 1 aliphatic rings. The van der Waals surface area contributed by atoms with Crippen LogP contribution in [0.1, 0.15) is 32.9 Å². The number of para-hydroxylation sites is 1. The number of carbonyl (C=O) groups is 1. The molecule has 1 N–H and O–H groups in total. The maximum atomic E-state index is 13.2. The Labute approximate surface area is 169 Å². The van der Waals surface area contributed by atoms with Gasteiger partial charge in [0.15, 0.2) is 5.69 Å². The number of carboxylic acids is 1. The number of fused-ring (bicyclic) bond motifs is 1. The first-order chi connectivity index (χ1) is 13.8. The van der Waals surface area contributed by atoms with Crippen LogP contribution in [-0.4, -0.2) is 40.1 Å². The van der Waals surface area contributed by atoms with Gasteiger partial charge in [0.25, 0.3) is 0 Å². The molecule has 3 aromatic rings. The molecule has 0 saturated carbocycles. The number of hydrogen-bond donors (Lipinski definition) is 1. The summed E-state index contributed by atoms with van der Waals surface area (Å²) in [5.41, 5.74) is 3.49. The maximum Gasteiger partial charge on any atom is 0.356 e. The Morgan fingerprint density at radius 3 is 2.48 bits per heavy atom. The van der Waals surface area contributed by atoms with Crippen molar-refractivity contribution in [1.29, 1.82) is 0 Å². The summed E-state index contributed by atoms with van der Waals surface area (Å²) in [5.74, 6) is -1.17. The molecule has 150 valence electrons. The molecule has 8 heteroatoms.